The Bertz CT molecular complexity index is 1160. The van der Waals surface area contributed by atoms with E-state index < -0.39 is 18.5 Å². The van der Waals surface area contributed by atoms with Gasteiger partial charge in [-0.1, -0.05) is 30.3 Å². The first-order valence-electron chi connectivity index (χ1n) is 9.31. The minimum Gasteiger partial charge on any atom is -0.506 e. The molecule has 0 unspecified atom stereocenters. The molecule has 3 aromatic rings. The SMILES string of the molecule is N#Cc1c(NC(=O)COC(=O)c2ccc3ccccc3c2O)sc2c1CCCC2. The molecule has 2 N–H and O–H groups in total. The van der Waals surface area contributed by atoms with E-state index in [2.05, 4.69) is 11.4 Å². The maximum atomic E-state index is 12.3. The molecule has 4 rings (SSSR count). The molecule has 1 amide bonds. The number of nitrogens with zero attached hydrogens (tertiary/aromatic N) is 1. The molecule has 1 aliphatic rings. The zero-order chi connectivity index (χ0) is 20.4. The average molecular weight is 406 g/mol. The molecule has 0 radical (unpaired) electrons. The van der Waals surface area contributed by atoms with Crippen LogP contribution >= 0.6 is 11.3 Å². The van der Waals surface area contributed by atoms with E-state index in [0.717, 1.165) is 41.5 Å². The number of anilines is 1. The summed E-state index contributed by atoms with van der Waals surface area (Å²) >= 11 is 1.41. The average Bonchev–Trinajstić information content (AvgIpc) is 3.09. The van der Waals surface area contributed by atoms with Crippen LogP contribution in [-0.4, -0.2) is 23.6 Å². The minimum atomic E-state index is -0.783. The molecular weight excluding hydrogens is 388 g/mol. The molecule has 1 heterocycles. The molecule has 1 aliphatic carbocycles. The van der Waals surface area contributed by atoms with Crippen molar-refractivity contribution >= 4 is 39.0 Å². The van der Waals surface area contributed by atoms with Crippen molar-refractivity contribution in [1.29, 1.82) is 5.26 Å². The Morgan fingerprint density at radius 3 is 2.79 bits per heavy atom. The number of phenolic OH excluding ortho intramolecular Hbond substituents is 1. The summed E-state index contributed by atoms with van der Waals surface area (Å²) in [7, 11) is 0. The molecule has 2 aromatic carbocycles. The van der Waals surface area contributed by atoms with Crippen molar-refractivity contribution in [3.05, 3.63) is 58.0 Å². The third-order valence-corrected chi connectivity index (χ3v) is 6.20. The summed E-state index contributed by atoms with van der Waals surface area (Å²) in [6.07, 6.45) is 3.89. The van der Waals surface area contributed by atoms with Crippen LogP contribution in [0.3, 0.4) is 0 Å². The van der Waals surface area contributed by atoms with Crippen molar-refractivity contribution in [2.45, 2.75) is 25.7 Å². The highest BCUT2D eigenvalue weighted by molar-refractivity contribution is 7.16. The van der Waals surface area contributed by atoms with E-state index in [-0.39, 0.29) is 11.3 Å². The number of nitriles is 1. The number of aryl methyl sites for hydroxylation is 1. The molecule has 0 fully saturated rings. The largest absolute Gasteiger partial charge is 0.506 e. The number of esters is 1. The molecule has 6 nitrogen and oxygen atoms in total. The molecule has 29 heavy (non-hydrogen) atoms. The van der Waals surface area contributed by atoms with Crippen molar-refractivity contribution in [2.75, 3.05) is 11.9 Å². The first-order valence-corrected chi connectivity index (χ1v) is 10.1. The van der Waals surface area contributed by atoms with Gasteiger partial charge in [0.05, 0.1) is 5.56 Å². The molecule has 0 bridgehead atoms. The molecule has 0 saturated carbocycles. The normalized spacial score (nSPS) is 12.8. The van der Waals surface area contributed by atoms with Gasteiger partial charge in [-0.2, -0.15) is 5.26 Å². The number of thiophene rings is 1. The summed E-state index contributed by atoms with van der Waals surface area (Å²) in [5.74, 6) is -1.48. The molecule has 0 saturated heterocycles. The van der Waals surface area contributed by atoms with Gasteiger partial charge in [0, 0.05) is 10.3 Å². The number of amides is 1. The predicted octanol–water partition coefficient (Wildman–Crippen LogP) is 4.15. The second kappa shape index (κ2) is 7.94. The fourth-order valence-corrected chi connectivity index (χ4v) is 4.82. The Morgan fingerprint density at radius 1 is 1.17 bits per heavy atom. The molecule has 0 atom stereocenters. The Hall–Kier alpha value is -3.37. The van der Waals surface area contributed by atoms with Gasteiger partial charge in [0.25, 0.3) is 5.91 Å². The van der Waals surface area contributed by atoms with Crippen LogP contribution in [0.5, 0.6) is 5.75 Å². The lowest BCUT2D eigenvalue weighted by Gasteiger charge is -2.09. The minimum absolute atomic E-state index is 0.000742. The molecule has 7 heteroatoms. The highest BCUT2D eigenvalue weighted by Gasteiger charge is 2.22. The van der Waals surface area contributed by atoms with E-state index in [9.17, 15) is 20.0 Å². The van der Waals surface area contributed by atoms with Gasteiger partial charge in [-0.05, 0) is 42.7 Å². The van der Waals surface area contributed by atoms with Crippen molar-refractivity contribution in [2.24, 2.45) is 0 Å². The number of fused-ring (bicyclic) bond motifs is 2. The van der Waals surface area contributed by atoms with Crippen LogP contribution in [0, 0.1) is 11.3 Å². The lowest BCUT2D eigenvalue weighted by atomic mass is 9.96. The first-order chi connectivity index (χ1) is 14.1. The summed E-state index contributed by atoms with van der Waals surface area (Å²) in [5.41, 5.74) is 1.54. The fraction of sp³-hybridized carbons (Fsp3) is 0.227. The maximum Gasteiger partial charge on any atom is 0.342 e. The maximum absolute atomic E-state index is 12.3. The third-order valence-electron chi connectivity index (χ3n) is 4.99. The van der Waals surface area contributed by atoms with Crippen LogP contribution in [0.1, 0.15) is 39.2 Å². The summed E-state index contributed by atoms with van der Waals surface area (Å²) in [5, 5.41) is 24.3. The van der Waals surface area contributed by atoms with Gasteiger partial charge < -0.3 is 15.2 Å². The second-order valence-electron chi connectivity index (χ2n) is 6.83. The number of phenols is 1. The summed E-state index contributed by atoms with van der Waals surface area (Å²) in [6.45, 7) is -0.501. The fourth-order valence-electron chi connectivity index (χ4n) is 3.56. The number of carbonyl (C=O) groups excluding carboxylic acids is 2. The van der Waals surface area contributed by atoms with E-state index in [1.54, 1.807) is 18.2 Å². The van der Waals surface area contributed by atoms with Crippen LogP contribution in [0.15, 0.2) is 36.4 Å². The van der Waals surface area contributed by atoms with E-state index in [1.165, 1.54) is 17.4 Å². The Balaban J connectivity index is 1.44. The van der Waals surface area contributed by atoms with Crippen molar-refractivity contribution in [3.63, 3.8) is 0 Å². The number of carbonyl (C=O) groups is 2. The van der Waals surface area contributed by atoms with Crippen LogP contribution in [-0.2, 0) is 22.4 Å². The highest BCUT2D eigenvalue weighted by atomic mass is 32.1. The Morgan fingerprint density at radius 2 is 1.97 bits per heavy atom. The van der Waals surface area contributed by atoms with Crippen molar-refractivity contribution < 1.29 is 19.4 Å². The number of aromatic hydroxyl groups is 1. The third kappa shape index (κ3) is 3.67. The Kier molecular flexibility index (Phi) is 5.19. The van der Waals surface area contributed by atoms with Crippen molar-refractivity contribution in [1.82, 2.24) is 0 Å². The van der Waals surface area contributed by atoms with Crippen LogP contribution in [0.4, 0.5) is 5.00 Å². The number of hydrogen-bond acceptors (Lipinski definition) is 6. The molecule has 0 spiro atoms. The summed E-state index contributed by atoms with van der Waals surface area (Å²) in [6, 6.07) is 12.5. The summed E-state index contributed by atoms with van der Waals surface area (Å²) < 4.78 is 5.08. The van der Waals surface area contributed by atoms with E-state index >= 15 is 0 Å². The quantitative estimate of drug-likeness (QED) is 0.634. The second-order valence-corrected chi connectivity index (χ2v) is 7.94. The number of nitrogens with one attached hydrogen (secondary N) is 1. The highest BCUT2D eigenvalue weighted by Crippen LogP contribution is 2.37. The summed E-state index contributed by atoms with van der Waals surface area (Å²) in [4.78, 5) is 25.7. The van der Waals surface area contributed by atoms with E-state index in [0.29, 0.717) is 16.0 Å². The van der Waals surface area contributed by atoms with Gasteiger partial charge >= 0.3 is 5.97 Å². The van der Waals surface area contributed by atoms with Crippen LogP contribution < -0.4 is 5.32 Å². The zero-order valence-electron chi connectivity index (χ0n) is 15.5. The zero-order valence-corrected chi connectivity index (χ0v) is 16.3. The van der Waals surface area contributed by atoms with Crippen LogP contribution in [0.25, 0.3) is 10.8 Å². The number of rotatable bonds is 4. The Labute approximate surface area is 171 Å². The van der Waals surface area contributed by atoms with Crippen molar-refractivity contribution in [3.8, 4) is 11.8 Å². The van der Waals surface area contributed by atoms with Crippen LogP contribution in [0.2, 0.25) is 0 Å². The van der Waals surface area contributed by atoms with Gasteiger partial charge in [0.1, 0.15) is 22.4 Å². The monoisotopic (exact) mass is 406 g/mol. The van der Waals surface area contributed by atoms with Gasteiger partial charge in [0.2, 0.25) is 0 Å². The first kappa shape index (κ1) is 19.0. The molecule has 1 aromatic heterocycles. The van der Waals surface area contributed by atoms with Gasteiger partial charge in [-0.25, -0.2) is 4.79 Å². The molecular formula is C22H18N2O4S. The lowest BCUT2D eigenvalue weighted by molar-refractivity contribution is -0.119. The van der Waals surface area contributed by atoms with E-state index in [1.807, 2.05) is 12.1 Å². The number of hydrogen-bond donors (Lipinski definition) is 2. The molecule has 146 valence electrons. The number of benzene rings is 2. The topological polar surface area (TPSA) is 99.4 Å². The van der Waals surface area contributed by atoms with Gasteiger partial charge in [-0.3, -0.25) is 4.79 Å². The lowest BCUT2D eigenvalue weighted by Crippen LogP contribution is -2.21. The van der Waals surface area contributed by atoms with Gasteiger partial charge in [0.15, 0.2) is 6.61 Å². The van der Waals surface area contributed by atoms with Gasteiger partial charge in [-0.15, -0.1) is 11.3 Å². The smallest absolute Gasteiger partial charge is 0.342 e. The van der Waals surface area contributed by atoms with E-state index in [4.69, 9.17) is 4.74 Å². The molecule has 0 aliphatic heterocycles. The number of ether oxygens (including phenoxy) is 1. The standard InChI is InChI=1S/C22H18N2O4S/c23-11-17-15-7-3-4-8-18(15)29-21(17)24-19(25)12-28-22(27)16-10-9-13-5-1-2-6-14(13)20(16)26/h1-2,5-6,9-10,26H,3-4,7-8,12H2,(H,24,25). The predicted molar refractivity (Wildman–Crippen MR) is 110 cm³/mol.